The molecule has 1 amide bonds. The summed E-state index contributed by atoms with van der Waals surface area (Å²) in [6.45, 7) is 8.17. The molecule has 3 aromatic rings. The van der Waals surface area contributed by atoms with Crippen molar-refractivity contribution >= 4 is 22.4 Å². The van der Waals surface area contributed by atoms with Gasteiger partial charge in [-0.25, -0.2) is 4.98 Å². The second kappa shape index (κ2) is 14.4. The number of amides is 1. The summed E-state index contributed by atoms with van der Waals surface area (Å²) in [6, 6.07) is 11.2. The highest BCUT2D eigenvalue weighted by Crippen LogP contribution is 2.24. The number of nitrogens with one attached hydrogen (secondary N) is 2. The van der Waals surface area contributed by atoms with Crippen molar-refractivity contribution in [1.29, 1.82) is 0 Å². The number of ether oxygens (including phenoxy) is 1. The molecule has 0 radical (unpaired) electrons. The van der Waals surface area contributed by atoms with Gasteiger partial charge >= 0.3 is 0 Å². The number of aryl methyl sites for hydroxylation is 1. The lowest BCUT2D eigenvalue weighted by Gasteiger charge is -2.25. The summed E-state index contributed by atoms with van der Waals surface area (Å²) in [5.41, 5.74) is 3.57. The summed E-state index contributed by atoms with van der Waals surface area (Å²) in [7, 11) is 1.00. The fourth-order valence-electron chi connectivity index (χ4n) is 2.84. The van der Waals surface area contributed by atoms with Crippen molar-refractivity contribution < 1.29 is 21.5 Å². The maximum atomic E-state index is 12.1. The standard InChI is InChI=1S/C16H13N3OS.C6H13NO.CH4O.H2O.H2/c1-11-2-4-13(5-3-11)15(20)19-16-18-14(10-21-16)12-6-8-17-9-7-12;1-5-3-7-4-6(2)8-5;1-2;;/h2-10H,1H3,(H,18,19,20);5-7H,3-4H2,1-2H3;2H,1H3;1H2;1H. The van der Waals surface area contributed by atoms with Gasteiger partial charge in [-0.2, -0.15) is 0 Å². The Hall–Kier alpha value is -2.69. The molecule has 0 aliphatic carbocycles. The first kappa shape index (κ1) is 27.3. The average Bonchev–Trinajstić information content (AvgIpc) is 3.25. The van der Waals surface area contributed by atoms with E-state index in [0.29, 0.717) is 22.9 Å². The number of anilines is 1. The predicted molar refractivity (Wildman–Crippen MR) is 131 cm³/mol. The first-order valence-electron chi connectivity index (χ1n) is 10.1. The Morgan fingerprint density at radius 1 is 1.12 bits per heavy atom. The maximum Gasteiger partial charge on any atom is 0.257 e. The molecule has 0 saturated carbocycles. The smallest absolute Gasteiger partial charge is 0.257 e. The Balaban J connectivity index is 0.000000726. The molecule has 1 aliphatic heterocycles. The first-order valence-corrected chi connectivity index (χ1v) is 10.9. The van der Waals surface area contributed by atoms with Crippen molar-refractivity contribution in [3.05, 3.63) is 65.3 Å². The summed E-state index contributed by atoms with van der Waals surface area (Å²) in [5.74, 6) is -0.148. The van der Waals surface area contributed by atoms with E-state index in [1.54, 1.807) is 12.4 Å². The maximum absolute atomic E-state index is 12.1. The number of rotatable bonds is 3. The number of hydrogen-bond acceptors (Lipinski definition) is 7. The molecule has 0 bridgehead atoms. The third-order valence-corrected chi connectivity index (χ3v) is 5.10. The monoisotopic (exact) mass is 462 g/mol. The molecule has 0 spiro atoms. The van der Waals surface area contributed by atoms with Gasteiger partial charge in [0.05, 0.1) is 17.9 Å². The molecule has 1 aliphatic rings. The number of aliphatic hydroxyl groups excluding tert-OH is 1. The number of pyridine rings is 1. The van der Waals surface area contributed by atoms with Gasteiger partial charge in [-0.15, -0.1) is 11.3 Å². The average molecular weight is 463 g/mol. The van der Waals surface area contributed by atoms with Gasteiger partial charge in [0.2, 0.25) is 0 Å². The van der Waals surface area contributed by atoms with Crippen LogP contribution in [0, 0.1) is 6.92 Å². The van der Waals surface area contributed by atoms with Crippen molar-refractivity contribution in [3.63, 3.8) is 0 Å². The van der Waals surface area contributed by atoms with Crippen LogP contribution in [0.3, 0.4) is 0 Å². The SMILES string of the molecule is CC1CNCC(C)O1.CO.Cc1ccc(C(=O)Nc2nc(-c3ccncc3)cs2)cc1.O.[HH]. The van der Waals surface area contributed by atoms with E-state index in [-0.39, 0.29) is 12.8 Å². The molecular formula is C23H34N4O4S. The highest BCUT2D eigenvalue weighted by molar-refractivity contribution is 7.14. The zero-order valence-electron chi connectivity index (χ0n) is 18.8. The molecule has 1 fully saturated rings. The van der Waals surface area contributed by atoms with Crippen LogP contribution in [0.5, 0.6) is 0 Å². The van der Waals surface area contributed by atoms with E-state index >= 15 is 0 Å². The van der Waals surface area contributed by atoms with Crippen molar-refractivity contribution in [2.24, 2.45) is 0 Å². The molecule has 4 rings (SSSR count). The van der Waals surface area contributed by atoms with Crippen LogP contribution in [0.1, 0.15) is 31.2 Å². The summed E-state index contributed by atoms with van der Waals surface area (Å²) >= 11 is 1.41. The lowest BCUT2D eigenvalue weighted by Crippen LogP contribution is -2.41. The molecule has 8 nitrogen and oxygen atoms in total. The van der Waals surface area contributed by atoms with Gasteiger partial charge in [-0.3, -0.25) is 15.1 Å². The van der Waals surface area contributed by atoms with Crippen LogP contribution in [0.15, 0.2) is 54.2 Å². The topological polar surface area (TPSA) is 128 Å². The number of aliphatic hydroxyl groups is 1. The van der Waals surface area contributed by atoms with Crippen LogP contribution in [0.2, 0.25) is 0 Å². The van der Waals surface area contributed by atoms with Crippen LogP contribution in [0.25, 0.3) is 11.3 Å². The molecular weight excluding hydrogens is 428 g/mol. The Morgan fingerprint density at radius 3 is 2.25 bits per heavy atom. The Bertz CT molecular complexity index is 918. The third-order valence-electron chi connectivity index (χ3n) is 4.34. The van der Waals surface area contributed by atoms with E-state index in [1.165, 1.54) is 11.3 Å². The number of hydrogen-bond donors (Lipinski definition) is 3. The van der Waals surface area contributed by atoms with Crippen molar-refractivity contribution in [1.82, 2.24) is 15.3 Å². The largest absolute Gasteiger partial charge is 0.412 e. The quantitative estimate of drug-likeness (QED) is 0.548. The molecule has 1 aromatic carbocycles. The zero-order chi connectivity index (χ0) is 22.6. The zero-order valence-corrected chi connectivity index (χ0v) is 19.6. The van der Waals surface area contributed by atoms with Crippen molar-refractivity contribution in [2.75, 3.05) is 25.5 Å². The third kappa shape index (κ3) is 8.81. The summed E-state index contributed by atoms with van der Waals surface area (Å²) in [5, 5.41) is 15.6. The second-order valence-electron chi connectivity index (χ2n) is 7.01. The molecule has 2 unspecified atom stereocenters. The Kier molecular flexibility index (Phi) is 12.3. The highest BCUT2D eigenvalue weighted by Gasteiger charge is 2.13. The molecule has 3 heterocycles. The van der Waals surface area contributed by atoms with Gasteiger partial charge in [0.1, 0.15) is 0 Å². The predicted octanol–water partition coefficient (Wildman–Crippen LogP) is 3.18. The second-order valence-corrected chi connectivity index (χ2v) is 7.87. The van der Waals surface area contributed by atoms with E-state index in [9.17, 15) is 4.79 Å². The van der Waals surface area contributed by atoms with Gasteiger partial charge in [0, 0.05) is 50.5 Å². The number of aromatic nitrogens is 2. The van der Waals surface area contributed by atoms with Crippen LogP contribution in [-0.4, -0.2) is 58.9 Å². The van der Waals surface area contributed by atoms with E-state index in [0.717, 1.165) is 37.0 Å². The first-order chi connectivity index (χ1) is 15.0. The van der Waals surface area contributed by atoms with Gasteiger partial charge in [-0.05, 0) is 45.0 Å². The highest BCUT2D eigenvalue weighted by atomic mass is 32.1. The van der Waals surface area contributed by atoms with E-state index in [2.05, 4.69) is 34.4 Å². The number of thiazole rings is 1. The van der Waals surface area contributed by atoms with Gasteiger partial charge in [0.25, 0.3) is 5.91 Å². The van der Waals surface area contributed by atoms with Gasteiger partial charge in [0.15, 0.2) is 5.13 Å². The molecule has 176 valence electrons. The number of carbonyl (C=O) groups excluding carboxylic acids is 1. The summed E-state index contributed by atoms with van der Waals surface area (Å²) < 4.78 is 5.42. The lowest BCUT2D eigenvalue weighted by atomic mass is 10.1. The fraction of sp³-hybridized carbons (Fsp3) is 0.348. The van der Waals surface area contributed by atoms with E-state index in [4.69, 9.17) is 9.84 Å². The normalized spacial score (nSPS) is 16.9. The molecule has 5 N–H and O–H groups in total. The van der Waals surface area contributed by atoms with Gasteiger partial charge in [-0.1, -0.05) is 17.7 Å². The number of carbonyl (C=O) groups is 1. The molecule has 32 heavy (non-hydrogen) atoms. The molecule has 9 heteroatoms. The minimum absolute atomic E-state index is 0. The Labute approximate surface area is 194 Å². The molecule has 2 atom stereocenters. The molecule has 1 saturated heterocycles. The van der Waals surface area contributed by atoms with Crippen LogP contribution in [0.4, 0.5) is 5.13 Å². The fourth-order valence-corrected chi connectivity index (χ4v) is 3.56. The summed E-state index contributed by atoms with van der Waals surface area (Å²) in [6.07, 6.45) is 4.25. The van der Waals surface area contributed by atoms with Crippen molar-refractivity contribution in [3.8, 4) is 11.3 Å². The van der Waals surface area contributed by atoms with Crippen molar-refractivity contribution in [2.45, 2.75) is 33.0 Å². The number of morpholine rings is 1. The van der Waals surface area contributed by atoms with E-state index in [1.807, 2.05) is 48.7 Å². The summed E-state index contributed by atoms with van der Waals surface area (Å²) in [4.78, 5) is 20.5. The van der Waals surface area contributed by atoms with Crippen LogP contribution in [-0.2, 0) is 4.74 Å². The minimum atomic E-state index is -0.148. The number of nitrogens with zero attached hydrogens (tertiary/aromatic N) is 2. The minimum Gasteiger partial charge on any atom is -0.412 e. The Morgan fingerprint density at radius 2 is 1.72 bits per heavy atom. The van der Waals surface area contributed by atoms with E-state index < -0.39 is 0 Å². The van der Waals surface area contributed by atoms with Crippen LogP contribution >= 0.6 is 11.3 Å². The lowest BCUT2D eigenvalue weighted by molar-refractivity contribution is -0.0166. The number of benzene rings is 1. The van der Waals surface area contributed by atoms with Crippen LogP contribution < -0.4 is 10.6 Å². The molecule has 2 aromatic heterocycles. The van der Waals surface area contributed by atoms with Gasteiger partial charge < -0.3 is 20.6 Å².